The molecule has 6 aliphatic carbocycles. The van der Waals surface area contributed by atoms with Crippen LogP contribution in [0.5, 0.6) is 0 Å². The molecule has 6 rings (SSSR count). The number of carbonyl (C=O) groups excluding carboxylic acids is 3. The number of allylic oxidation sites excluding steroid dienone is 4. The zero-order valence-corrected chi connectivity index (χ0v) is 30.8. The molecule has 0 aromatic rings. The Balaban J connectivity index is 1.31. The molecule has 0 saturated heterocycles. The molecule has 7 heteroatoms. The van der Waals surface area contributed by atoms with Gasteiger partial charge in [0.15, 0.2) is 5.78 Å². The van der Waals surface area contributed by atoms with Gasteiger partial charge in [0.2, 0.25) is 5.91 Å². The highest BCUT2D eigenvalue weighted by Crippen LogP contribution is 2.77. The Kier molecular flexibility index (Phi) is 8.81. The second-order valence-electron chi connectivity index (χ2n) is 17.8. The van der Waals surface area contributed by atoms with Crippen molar-refractivity contribution < 1.29 is 24.2 Å². The molecule has 0 bridgehead atoms. The summed E-state index contributed by atoms with van der Waals surface area (Å²) in [5, 5.41) is 15.8. The molecule has 6 unspecified atom stereocenters. The van der Waals surface area contributed by atoms with Crippen LogP contribution in [0.15, 0.2) is 33.9 Å². The fourth-order valence-electron chi connectivity index (χ4n) is 12.8. The first-order chi connectivity index (χ1) is 21.9. The summed E-state index contributed by atoms with van der Waals surface area (Å²) in [6.45, 7) is 18.2. The predicted molar refractivity (Wildman–Crippen MR) is 185 cm³/mol. The monoisotopic (exact) mass is 667 g/mol. The van der Waals surface area contributed by atoms with E-state index in [4.69, 9.17) is 16.3 Å². The highest BCUT2D eigenvalue weighted by Gasteiger charge is 2.70. The minimum Gasteiger partial charge on any atom is -0.462 e. The summed E-state index contributed by atoms with van der Waals surface area (Å²) in [5.74, 6) is 1.17. The van der Waals surface area contributed by atoms with Crippen molar-refractivity contribution in [2.75, 3.05) is 6.54 Å². The number of halogens is 1. The lowest BCUT2D eigenvalue weighted by Crippen LogP contribution is -2.66. The maximum absolute atomic E-state index is 13.9. The summed E-state index contributed by atoms with van der Waals surface area (Å²) in [7, 11) is 0. The molecular formula is C40H58ClNO5. The molecule has 0 aromatic heterocycles. The van der Waals surface area contributed by atoms with Crippen LogP contribution >= 0.6 is 11.6 Å². The summed E-state index contributed by atoms with van der Waals surface area (Å²) in [6.07, 6.45) is 12.3. The second kappa shape index (κ2) is 11.9. The van der Waals surface area contributed by atoms with Crippen molar-refractivity contribution in [2.45, 2.75) is 138 Å². The van der Waals surface area contributed by atoms with Gasteiger partial charge in [-0.1, -0.05) is 71.7 Å². The van der Waals surface area contributed by atoms with Crippen LogP contribution in [0.4, 0.5) is 0 Å². The Morgan fingerprint density at radius 2 is 1.68 bits per heavy atom. The van der Waals surface area contributed by atoms with Crippen molar-refractivity contribution in [1.82, 2.24) is 5.32 Å². The van der Waals surface area contributed by atoms with Crippen molar-refractivity contribution in [3.05, 3.63) is 33.9 Å². The van der Waals surface area contributed by atoms with Gasteiger partial charge in [0.05, 0.1) is 6.10 Å². The normalized spacial score (nSPS) is 41.6. The largest absolute Gasteiger partial charge is 0.462 e. The number of Topliss-reactive ketones (excluding diaryl/α,β-unsaturated/α-hetero) is 1. The third-order valence-electron chi connectivity index (χ3n) is 15.2. The van der Waals surface area contributed by atoms with E-state index in [1.165, 1.54) is 12.5 Å². The van der Waals surface area contributed by atoms with Gasteiger partial charge < -0.3 is 15.2 Å². The van der Waals surface area contributed by atoms with Crippen LogP contribution in [-0.2, 0) is 19.1 Å². The lowest BCUT2D eigenvalue weighted by molar-refractivity contribution is -0.234. The summed E-state index contributed by atoms with van der Waals surface area (Å²) in [4.78, 5) is 39.1. The average molecular weight is 668 g/mol. The third kappa shape index (κ3) is 5.15. The lowest BCUT2D eigenvalue weighted by Gasteiger charge is -2.72. The lowest BCUT2D eigenvalue weighted by atomic mass is 9.33. The number of carbonyl (C=O) groups is 3. The molecule has 47 heavy (non-hydrogen) atoms. The van der Waals surface area contributed by atoms with E-state index in [9.17, 15) is 19.5 Å². The number of hydrogen-bond acceptors (Lipinski definition) is 5. The molecule has 6 nitrogen and oxygen atoms in total. The molecule has 0 heterocycles. The highest BCUT2D eigenvalue weighted by molar-refractivity contribution is 6.29. The number of esters is 1. The van der Waals surface area contributed by atoms with Gasteiger partial charge in [-0.05, 0) is 116 Å². The van der Waals surface area contributed by atoms with Crippen LogP contribution in [0.25, 0.3) is 0 Å². The van der Waals surface area contributed by atoms with Gasteiger partial charge in [-0.15, -0.1) is 0 Å². The van der Waals surface area contributed by atoms with Crippen molar-refractivity contribution in [3.8, 4) is 0 Å². The number of nitrogens with one attached hydrogen (secondary N) is 1. The van der Waals surface area contributed by atoms with Crippen LogP contribution in [-0.4, -0.2) is 41.5 Å². The number of rotatable bonds is 6. The Bertz CT molecular complexity index is 1440. The van der Waals surface area contributed by atoms with Crippen molar-refractivity contribution in [3.63, 3.8) is 0 Å². The molecule has 4 fully saturated rings. The van der Waals surface area contributed by atoms with E-state index in [2.05, 4.69) is 53.8 Å². The van der Waals surface area contributed by atoms with Gasteiger partial charge in [0.1, 0.15) is 6.10 Å². The Labute approximate surface area is 287 Å². The van der Waals surface area contributed by atoms with E-state index in [0.717, 1.165) is 62.0 Å². The Morgan fingerprint density at radius 1 is 0.957 bits per heavy atom. The van der Waals surface area contributed by atoms with E-state index in [-0.39, 0.29) is 63.8 Å². The zero-order valence-electron chi connectivity index (χ0n) is 30.1. The number of aliphatic hydroxyl groups excluding tert-OH is 1. The first-order valence-electron chi connectivity index (χ1n) is 18.4. The molecule has 0 radical (unpaired) electrons. The topological polar surface area (TPSA) is 92.7 Å². The summed E-state index contributed by atoms with van der Waals surface area (Å²) in [6, 6.07) is 0. The van der Waals surface area contributed by atoms with Crippen LogP contribution in [0.1, 0.15) is 126 Å². The number of aliphatic hydroxyl groups is 1. The van der Waals surface area contributed by atoms with Crippen LogP contribution in [0.2, 0.25) is 0 Å². The van der Waals surface area contributed by atoms with Gasteiger partial charge in [0, 0.05) is 41.3 Å². The number of hydrogen-bond donors (Lipinski definition) is 2. The number of ketones is 1. The minimum absolute atomic E-state index is 0.00809. The van der Waals surface area contributed by atoms with Gasteiger partial charge in [-0.2, -0.15) is 0 Å². The first kappa shape index (κ1) is 34.9. The smallest absolute Gasteiger partial charge is 0.302 e. The maximum Gasteiger partial charge on any atom is 0.302 e. The quantitative estimate of drug-likeness (QED) is 0.279. The average Bonchev–Trinajstić information content (AvgIpc) is 3.31. The molecule has 9 atom stereocenters. The molecule has 260 valence electrons. The number of ether oxygens (including phenoxy) is 1. The third-order valence-corrected chi connectivity index (χ3v) is 15.5. The maximum atomic E-state index is 13.9. The minimum atomic E-state index is -0.828. The van der Waals surface area contributed by atoms with Crippen molar-refractivity contribution >= 4 is 29.3 Å². The molecule has 0 spiro atoms. The highest BCUT2D eigenvalue weighted by atomic mass is 35.5. The molecule has 0 aromatic carbocycles. The van der Waals surface area contributed by atoms with Crippen LogP contribution in [0.3, 0.4) is 0 Å². The van der Waals surface area contributed by atoms with Crippen molar-refractivity contribution in [1.29, 1.82) is 0 Å². The molecule has 6 aliphatic rings. The van der Waals surface area contributed by atoms with Crippen LogP contribution in [0, 0.1) is 50.7 Å². The Hall–Kier alpha value is -1.92. The van der Waals surface area contributed by atoms with E-state index in [1.807, 2.05) is 0 Å². The van der Waals surface area contributed by atoms with Gasteiger partial charge in [-0.25, -0.2) is 0 Å². The first-order valence-corrected chi connectivity index (χ1v) is 18.8. The molecular weight excluding hydrogens is 610 g/mol. The Morgan fingerprint density at radius 3 is 2.32 bits per heavy atom. The standard InChI is InChI=1S/C40H58ClNO5/c1-23(2)33-28(44)21-40(31(45)22-42-35(46)25-9-11-26(41)12-10-25)20-19-38(7)27(34(33)40)13-14-30-37(6)17-16-32(47-24(3)43)36(4,5)29(37)15-18-39(30,38)8/h9,11,23,27,29-32,45H,10,12-22H2,1-8H3,(H,42,46)/t27?,29-,30+,31?,32?,37?,38+,39?,40?/m0/s1. The number of amides is 1. The predicted octanol–water partition coefficient (Wildman–Crippen LogP) is 8.22. The fraction of sp³-hybridized carbons (Fsp3) is 0.775. The number of fused-ring (bicyclic) bond motifs is 7. The van der Waals surface area contributed by atoms with E-state index < -0.39 is 11.5 Å². The molecule has 1 amide bonds. The van der Waals surface area contributed by atoms with Gasteiger partial charge in [-0.3, -0.25) is 14.4 Å². The van der Waals surface area contributed by atoms with Crippen LogP contribution < -0.4 is 5.32 Å². The summed E-state index contributed by atoms with van der Waals surface area (Å²) < 4.78 is 5.93. The van der Waals surface area contributed by atoms with Crippen molar-refractivity contribution in [2.24, 2.45) is 50.7 Å². The molecule has 2 N–H and O–H groups in total. The second-order valence-corrected chi connectivity index (χ2v) is 18.3. The molecule has 4 saturated carbocycles. The summed E-state index contributed by atoms with van der Waals surface area (Å²) >= 11 is 6.12. The fourth-order valence-corrected chi connectivity index (χ4v) is 12.9. The summed E-state index contributed by atoms with van der Waals surface area (Å²) in [5.41, 5.74) is 2.36. The zero-order chi connectivity index (χ0) is 34.3. The van der Waals surface area contributed by atoms with Gasteiger partial charge >= 0.3 is 5.97 Å². The van der Waals surface area contributed by atoms with E-state index in [1.54, 1.807) is 12.2 Å². The molecule has 0 aliphatic heterocycles. The van der Waals surface area contributed by atoms with Gasteiger partial charge in [0.25, 0.3) is 0 Å². The SMILES string of the molecule is CC(=O)OC1CCC2(C)[C@H]3CCC4C5=C(C(C)C)C(=O)CC5(C(O)CNC(=O)C5=CC=C(Cl)CC5)CC[C@@]4(C)C3(C)CC[C@H]2C1(C)C. The van der Waals surface area contributed by atoms with E-state index >= 15 is 0 Å². The van der Waals surface area contributed by atoms with E-state index in [0.29, 0.717) is 36.7 Å².